The fourth-order valence-electron chi connectivity index (χ4n) is 1.82. The molecule has 0 aliphatic heterocycles. The number of amides is 1. The fraction of sp³-hybridized carbons (Fsp3) is 0.308. The van der Waals surface area contributed by atoms with Crippen LogP contribution in [0.4, 0.5) is 24.5 Å². The molecule has 0 saturated heterocycles. The van der Waals surface area contributed by atoms with E-state index >= 15 is 0 Å². The Kier molecular flexibility index (Phi) is 5.30. The van der Waals surface area contributed by atoms with E-state index in [2.05, 4.69) is 15.5 Å². The Morgan fingerprint density at radius 1 is 1.40 bits per heavy atom. The Hall–Kier alpha value is -2.63. The largest absolute Gasteiger partial charge is 0.451 e. The van der Waals surface area contributed by atoms with Crippen LogP contribution in [0, 0.1) is 10.1 Å². The van der Waals surface area contributed by atoms with E-state index < -0.39 is 28.1 Å². The summed E-state index contributed by atoms with van der Waals surface area (Å²) >= 11 is 0.788. The van der Waals surface area contributed by atoms with Gasteiger partial charge < -0.3 is 9.88 Å². The summed E-state index contributed by atoms with van der Waals surface area (Å²) in [6, 6.07) is 5.32. The SMILES string of the molecule is C[C@H](Sc1nnc(C(F)(F)F)n1C)C(=O)Nc1cccc([N+](=O)[O-])c1. The minimum atomic E-state index is -4.64. The summed E-state index contributed by atoms with van der Waals surface area (Å²) in [6.07, 6.45) is -4.64. The van der Waals surface area contributed by atoms with Crippen LogP contribution in [0.25, 0.3) is 0 Å². The lowest BCUT2D eigenvalue weighted by Crippen LogP contribution is -2.23. The molecule has 8 nitrogen and oxygen atoms in total. The first kappa shape index (κ1) is 18.7. The van der Waals surface area contributed by atoms with Gasteiger partial charge in [-0.15, -0.1) is 10.2 Å². The number of hydrogen-bond donors (Lipinski definition) is 1. The van der Waals surface area contributed by atoms with Crippen molar-refractivity contribution in [2.75, 3.05) is 5.32 Å². The van der Waals surface area contributed by atoms with Crippen LogP contribution in [-0.4, -0.2) is 30.8 Å². The van der Waals surface area contributed by atoms with Crippen LogP contribution >= 0.6 is 11.8 Å². The number of nitrogens with zero attached hydrogens (tertiary/aromatic N) is 4. The molecule has 0 unspecified atom stereocenters. The van der Waals surface area contributed by atoms with Gasteiger partial charge in [0, 0.05) is 24.9 Å². The molecule has 25 heavy (non-hydrogen) atoms. The molecule has 12 heteroatoms. The first-order chi connectivity index (χ1) is 11.6. The van der Waals surface area contributed by atoms with Crippen LogP contribution in [0.3, 0.4) is 0 Å². The second-order valence-corrected chi connectivity index (χ2v) is 6.23. The average Bonchev–Trinajstić information content (AvgIpc) is 2.88. The minimum absolute atomic E-state index is 0.0750. The van der Waals surface area contributed by atoms with Crippen molar-refractivity contribution in [1.29, 1.82) is 0 Å². The van der Waals surface area contributed by atoms with Crippen molar-refractivity contribution in [3.8, 4) is 0 Å². The molecule has 0 spiro atoms. The van der Waals surface area contributed by atoms with Gasteiger partial charge in [-0.3, -0.25) is 14.9 Å². The third kappa shape index (κ3) is 4.47. The Morgan fingerprint density at radius 2 is 2.08 bits per heavy atom. The highest BCUT2D eigenvalue weighted by Gasteiger charge is 2.37. The zero-order valence-electron chi connectivity index (χ0n) is 12.9. The number of carbonyl (C=O) groups is 1. The molecule has 134 valence electrons. The quantitative estimate of drug-likeness (QED) is 0.490. The topological polar surface area (TPSA) is 103 Å². The number of carbonyl (C=O) groups excluding carboxylic acids is 1. The van der Waals surface area contributed by atoms with Crippen LogP contribution in [0.2, 0.25) is 0 Å². The lowest BCUT2D eigenvalue weighted by Gasteiger charge is -2.12. The number of alkyl halides is 3. The Morgan fingerprint density at radius 3 is 2.64 bits per heavy atom. The Balaban J connectivity index is 2.07. The lowest BCUT2D eigenvalue weighted by molar-refractivity contribution is -0.384. The van der Waals surface area contributed by atoms with Crippen LogP contribution < -0.4 is 5.32 Å². The van der Waals surface area contributed by atoms with Gasteiger partial charge in [0.05, 0.1) is 10.2 Å². The summed E-state index contributed by atoms with van der Waals surface area (Å²) in [4.78, 5) is 22.2. The number of hydrogen-bond acceptors (Lipinski definition) is 6. The molecule has 0 aliphatic rings. The molecular formula is C13H12F3N5O3S. The van der Waals surface area contributed by atoms with Gasteiger partial charge in [-0.25, -0.2) is 0 Å². The predicted molar refractivity (Wildman–Crippen MR) is 83.1 cm³/mol. The molecule has 2 rings (SSSR count). The number of non-ortho nitro benzene ring substituents is 1. The summed E-state index contributed by atoms with van der Waals surface area (Å²) in [5.41, 5.74) is 0.0156. The average molecular weight is 375 g/mol. The zero-order valence-corrected chi connectivity index (χ0v) is 13.8. The number of nitro groups is 1. The van der Waals surface area contributed by atoms with E-state index in [4.69, 9.17) is 0 Å². The number of benzene rings is 1. The highest BCUT2D eigenvalue weighted by atomic mass is 32.2. The third-order valence-electron chi connectivity index (χ3n) is 3.06. The monoisotopic (exact) mass is 375 g/mol. The maximum absolute atomic E-state index is 12.7. The molecule has 0 aliphatic carbocycles. The smallest absolute Gasteiger partial charge is 0.325 e. The molecule has 1 amide bonds. The van der Waals surface area contributed by atoms with Crippen LogP contribution in [0.1, 0.15) is 12.7 Å². The van der Waals surface area contributed by atoms with Gasteiger partial charge in [0.25, 0.3) is 5.69 Å². The number of aromatic nitrogens is 3. The highest BCUT2D eigenvalue weighted by molar-refractivity contribution is 8.00. The van der Waals surface area contributed by atoms with Crippen molar-refractivity contribution in [3.05, 3.63) is 40.2 Å². The number of halogens is 3. The van der Waals surface area contributed by atoms with Crippen LogP contribution in [0.5, 0.6) is 0 Å². The molecular weight excluding hydrogens is 363 g/mol. The van der Waals surface area contributed by atoms with Crippen molar-refractivity contribution in [1.82, 2.24) is 14.8 Å². The van der Waals surface area contributed by atoms with Gasteiger partial charge in [0.2, 0.25) is 11.7 Å². The van der Waals surface area contributed by atoms with E-state index in [1.165, 1.54) is 31.2 Å². The maximum Gasteiger partial charge on any atom is 0.451 e. The number of rotatable bonds is 5. The summed E-state index contributed by atoms with van der Waals surface area (Å²) < 4.78 is 38.8. The summed E-state index contributed by atoms with van der Waals surface area (Å²) in [5.74, 6) is -1.71. The summed E-state index contributed by atoms with van der Waals surface area (Å²) in [7, 11) is 1.15. The van der Waals surface area contributed by atoms with Gasteiger partial charge in [-0.1, -0.05) is 17.8 Å². The summed E-state index contributed by atoms with van der Waals surface area (Å²) in [5, 5.41) is 18.8. The maximum atomic E-state index is 12.7. The normalized spacial score (nSPS) is 12.7. The number of anilines is 1. The minimum Gasteiger partial charge on any atom is -0.325 e. The van der Waals surface area contributed by atoms with E-state index in [0.717, 1.165) is 23.4 Å². The standard InChI is InChI=1S/C13H12F3N5O3S/c1-7(25-12-19-18-11(20(12)2)13(14,15)16)10(22)17-8-4-3-5-9(6-8)21(23)24/h3-7H,1-2H3,(H,17,22)/t7-/m0/s1. The molecule has 0 radical (unpaired) electrons. The Bertz CT molecular complexity index is 808. The first-order valence-corrected chi connectivity index (χ1v) is 7.66. The van der Waals surface area contributed by atoms with Gasteiger partial charge in [0.1, 0.15) is 0 Å². The van der Waals surface area contributed by atoms with Gasteiger partial charge >= 0.3 is 6.18 Å². The number of thioether (sulfide) groups is 1. The molecule has 0 saturated carbocycles. The van der Waals surface area contributed by atoms with E-state index in [9.17, 15) is 28.1 Å². The molecule has 1 aromatic heterocycles. The predicted octanol–water partition coefficient (Wildman–Crippen LogP) is 2.86. The molecule has 0 fully saturated rings. The second-order valence-electron chi connectivity index (χ2n) is 4.92. The van der Waals surface area contributed by atoms with Crippen LogP contribution in [-0.2, 0) is 18.0 Å². The van der Waals surface area contributed by atoms with E-state index in [-0.39, 0.29) is 16.5 Å². The summed E-state index contributed by atoms with van der Waals surface area (Å²) in [6.45, 7) is 1.47. The van der Waals surface area contributed by atoms with E-state index in [1.807, 2.05) is 0 Å². The number of nitro benzene ring substituents is 1. The van der Waals surface area contributed by atoms with Crippen molar-refractivity contribution in [3.63, 3.8) is 0 Å². The van der Waals surface area contributed by atoms with Gasteiger partial charge in [0.15, 0.2) is 5.16 Å². The van der Waals surface area contributed by atoms with Gasteiger partial charge in [-0.2, -0.15) is 13.2 Å². The fourth-order valence-corrected chi connectivity index (χ4v) is 2.63. The molecule has 0 bridgehead atoms. The Labute approximate surface area is 143 Å². The molecule has 2 aromatic rings. The van der Waals surface area contributed by atoms with Crippen molar-refractivity contribution in [2.24, 2.45) is 7.05 Å². The second kappa shape index (κ2) is 7.09. The molecule has 1 aromatic carbocycles. The molecule has 1 N–H and O–H groups in total. The number of nitrogens with one attached hydrogen (secondary N) is 1. The van der Waals surface area contributed by atoms with Crippen molar-refractivity contribution < 1.29 is 22.9 Å². The zero-order chi connectivity index (χ0) is 18.8. The van der Waals surface area contributed by atoms with Crippen molar-refractivity contribution in [2.45, 2.75) is 23.5 Å². The lowest BCUT2D eigenvalue weighted by atomic mass is 10.2. The van der Waals surface area contributed by atoms with E-state index in [0.29, 0.717) is 0 Å². The highest BCUT2D eigenvalue weighted by Crippen LogP contribution is 2.31. The molecule has 1 heterocycles. The third-order valence-corrected chi connectivity index (χ3v) is 4.20. The van der Waals surface area contributed by atoms with Crippen LogP contribution in [0.15, 0.2) is 29.4 Å². The first-order valence-electron chi connectivity index (χ1n) is 6.78. The van der Waals surface area contributed by atoms with Gasteiger partial charge in [-0.05, 0) is 13.0 Å². The van der Waals surface area contributed by atoms with Crippen molar-refractivity contribution >= 4 is 29.0 Å². The molecule has 1 atom stereocenters. The van der Waals surface area contributed by atoms with E-state index in [1.54, 1.807) is 0 Å².